The van der Waals surface area contributed by atoms with Gasteiger partial charge in [0.2, 0.25) is 0 Å². The van der Waals surface area contributed by atoms with Crippen molar-refractivity contribution in [2.24, 2.45) is 0 Å². The lowest BCUT2D eigenvalue weighted by atomic mass is 10.1. The van der Waals surface area contributed by atoms with Crippen LogP contribution < -0.4 is 9.62 Å². The number of benzene rings is 2. The van der Waals surface area contributed by atoms with E-state index < -0.39 is 10.0 Å². The maximum atomic E-state index is 12.5. The molecule has 0 radical (unpaired) electrons. The van der Waals surface area contributed by atoms with E-state index in [0.29, 0.717) is 10.7 Å². The van der Waals surface area contributed by atoms with Crippen LogP contribution in [0.4, 0.5) is 11.5 Å². The topological polar surface area (TPSA) is 75.2 Å². The third kappa shape index (κ3) is 4.91. The molecule has 8 heteroatoms. The fraction of sp³-hybridized carbons (Fsp3) is 0.273. The predicted octanol–water partition coefficient (Wildman–Crippen LogP) is 4.98. The lowest BCUT2D eigenvalue weighted by Gasteiger charge is -2.20. The minimum absolute atomic E-state index is 0.158. The Morgan fingerprint density at radius 3 is 2.07 bits per heavy atom. The Balaban J connectivity index is 1.46. The highest BCUT2D eigenvalue weighted by atomic mass is 35.5. The molecule has 2 heterocycles. The van der Waals surface area contributed by atoms with Crippen LogP contribution in [0.15, 0.2) is 65.6 Å². The van der Waals surface area contributed by atoms with Gasteiger partial charge in [0.1, 0.15) is 0 Å². The molecule has 0 amide bonds. The molecule has 1 aliphatic rings. The Hall–Kier alpha value is -2.64. The Kier molecular flexibility index (Phi) is 6.20. The van der Waals surface area contributed by atoms with Gasteiger partial charge in [0.25, 0.3) is 10.0 Å². The van der Waals surface area contributed by atoms with Crippen molar-refractivity contribution in [3.8, 4) is 11.3 Å². The van der Waals surface area contributed by atoms with E-state index in [1.807, 2.05) is 24.3 Å². The molecule has 30 heavy (non-hydrogen) atoms. The SMILES string of the molecule is O=S(=O)(Nc1ccc(-c2ccc(N3CCCCCC3)nn2)cc1)c1ccc(Cl)cc1. The molecule has 1 fully saturated rings. The average Bonchev–Trinajstić information content (AvgIpc) is 3.04. The van der Waals surface area contributed by atoms with Gasteiger partial charge in [-0.1, -0.05) is 36.6 Å². The molecule has 1 saturated heterocycles. The molecule has 1 N–H and O–H groups in total. The Bertz CT molecular complexity index is 1080. The molecular formula is C22H23ClN4O2S. The molecule has 156 valence electrons. The van der Waals surface area contributed by atoms with Gasteiger partial charge in [0.05, 0.1) is 10.6 Å². The van der Waals surface area contributed by atoms with Crippen LogP contribution in [-0.4, -0.2) is 31.7 Å². The summed E-state index contributed by atoms with van der Waals surface area (Å²) >= 11 is 5.83. The van der Waals surface area contributed by atoms with Crippen LogP contribution in [0.3, 0.4) is 0 Å². The second-order valence-electron chi connectivity index (χ2n) is 7.31. The van der Waals surface area contributed by atoms with Crippen molar-refractivity contribution >= 4 is 33.1 Å². The number of sulfonamides is 1. The first-order chi connectivity index (χ1) is 14.5. The van der Waals surface area contributed by atoms with Gasteiger partial charge in [-0.05, 0) is 61.4 Å². The summed E-state index contributed by atoms with van der Waals surface area (Å²) in [5, 5.41) is 9.26. The zero-order valence-electron chi connectivity index (χ0n) is 16.5. The van der Waals surface area contributed by atoms with Crippen molar-refractivity contribution < 1.29 is 8.42 Å². The summed E-state index contributed by atoms with van der Waals surface area (Å²) in [6.45, 7) is 2.05. The van der Waals surface area contributed by atoms with Gasteiger partial charge in [-0.15, -0.1) is 10.2 Å². The van der Waals surface area contributed by atoms with E-state index in [0.717, 1.165) is 30.2 Å². The fourth-order valence-corrected chi connectivity index (χ4v) is 4.67. The Morgan fingerprint density at radius 2 is 1.47 bits per heavy atom. The number of nitrogens with one attached hydrogen (secondary N) is 1. The number of rotatable bonds is 5. The van der Waals surface area contributed by atoms with Crippen LogP contribution in [0.1, 0.15) is 25.7 Å². The maximum Gasteiger partial charge on any atom is 0.261 e. The first kappa shape index (κ1) is 20.6. The van der Waals surface area contributed by atoms with Gasteiger partial charge < -0.3 is 4.90 Å². The van der Waals surface area contributed by atoms with Crippen molar-refractivity contribution in [2.45, 2.75) is 30.6 Å². The van der Waals surface area contributed by atoms with Gasteiger partial charge in [0, 0.05) is 29.4 Å². The molecule has 2 aromatic carbocycles. The molecule has 4 rings (SSSR count). The number of anilines is 2. The molecule has 1 aliphatic heterocycles. The average molecular weight is 443 g/mol. The van der Waals surface area contributed by atoms with Crippen LogP contribution in [0, 0.1) is 0 Å². The molecule has 0 unspecified atom stereocenters. The maximum absolute atomic E-state index is 12.5. The van der Waals surface area contributed by atoms with Crippen LogP contribution >= 0.6 is 11.6 Å². The molecule has 6 nitrogen and oxygen atoms in total. The molecule has 0 bridgehead atoms. The minimum Gasteiger partial charge on any atom is -0.355 e. The first-order valence-corrected chi connectivity index (χ1v) is 11.8. The number of hydrogen-bond acceptors (Lipinski definition) is 5. The fourth-order valence-electron chi connectivity index (χ4n) is 3.48. The molecule has 3 aromatic rings. The van der Waals surface area contributed by atoms with E-state index in [-0.39, 0.29) is 4.90 Å². The van der Waals surface area contributed by atoms with Crippen LogP contribution in [0.2, 0.25) is 5.02 Å². The zero-order chi connectivity index (χ0) is 21.0. The largest absolute Gasteiger partial charge is 0.355 e. The summed E-state index contributed by atoms with van der Waals surface area (Å²) in [6.07, 6.45) is 4.93. The molecular weight excluding hydrogens is 420 g/mol. The summed E-state index contributed by atoms with van der Waals surface area (Å²) < 4.78 is 27.6. The highest BCUT2D eigenvalue weighted by Gasteiger charge is 2.15. The normalized spacial score (nSPS) is 14.9. The Morgan fingerprint density at radius 1 is 0.800 bits per heavy atom. The second-order valence-corrected chi connectivity index (χ2v) is 9.43. The zero-order valence-corrected chi connectivity index (χ0v) is 18.0. The summed E-state index contributed by atoms with van der Waals surface area (Å²) in [5.74, 6) is 0.910. The van der Waals surface area contributed by atoms with Crippen LogP contribution in [0.5, 0.6) is 0 Å². The summed E-state index contributed by atoms with van der Waals surface area (Å²) in [4.78, 5) is 2.45. The first-order valence-electron chi connectivity index (χ1n) is 9.99. The lowest BCUT2D eigenvalue weighted by molar-refractivity contribution is 0.601. The highest BCUT2D eigenvalue weighted by molar-refractivity contribution is 7.92. The summed E-state index contributed by atoms with van der Waals surface area (Å²) in [7, 11) is -3.67. The number of aromatic nitrogens is 2. The van der Waals surface area contributed by atoms with Gasteiger partial charge in [-0.3, -0.25) is 4.72 Å². The van der Waals surface area contributed by atoms with E-state index >= 15 is 0 Å². The van der Waals surface area contributed by atoms with Gasteiger partial charge in [-0.25, -0.2) is 8.42 Å². The van der Waals surface area contributed by atoms with E-state index in [2.05, 4.69) is 19.8 Å². The molecule has 0 spiro atoms. The number of nitrogens with zero attached hydrogens (tertiary/aromatic N) is 3. The smallest absolute Gasteiger partial charge is 0.261 e. The lowest BCUT2D eigenvalue weighted by Crippen LogP contribution is -2.25. The molecule has 1 aromatic heterocycles. The van der Waals surface area contributed by atoms with Crippen molar-refractivity contribution in [3.05, 3.63) is 65.7 Å². The van der Waals surface area contributed by atoms with Gasteiger partial charge in [0.15, 0.2) is 5.82 Å². The van der Waals surface area contributed by atoms with Crippen molar-refractivity contribution in [2.75, 3.05) is 22.7 Å². The van der Waals surface area contributed by atoms with E-state index in [4.69, 9.17) is 11.6 Å². The third-order valence-electron chi connectivity index (χ3n) is 5.14. The van der Waals surface area contributed by atoms with Crippen LogP contribution in [-0.2, 0) is 10.0 Å². The van der Waals surface area contributed by atoms with E-state index in [1.165, 1.54) is 37.8 Å². The second kappa shape index (κ2) is 9.02. The van der Waals surface area contributed by atoms with E-state index in [1.54, 1.807) is 24.3 Å². The van der Waals surface area contributed by atoms with Crippen LogP contribution in [0.25, 0.3) is 11.3 Å². The quantitative estimate of drug-likeness (QED) is 0.603. The highest BCUT2D eigenvalue weighted by Crippen LogP contribution is 2.24. The van der Waals surface area contributed by atoms with Crippen molar-refractivity contribution in [1.29, 1.82) is 0 Å². The number of halogens is 1. The summed E-state index contributed by atoms with van der Waals surface area (Å²) in [6, 6.07) is 17.1. The number of hydrogen-bond donors (Lipinski definition) is 1. The van der Waals surface area contributed by atoms with Gasteiger partial charge >= 0.3 is 0 Å². The summed E-state index contributed by atoms with van der Waals surface area (Å²) in [5.41, 5.74) is 2.10. The monoisotopic (exact) mass is 442 g/mol. The van der Waals surface area contributed by atoms with E-state index in [9.17, 15) is 8.42 Å². The molecule has 0 atom stereocenters. The van der Waals surface area contributed by atoms with Gasteiger partial charge in [-0.2, -0.15) is 0 Å². The van der Waals surface area contributed by atoms with Crippen molar-refractivity contribution in [1.82, 2.24) is 10.2 Å². The third-order valence-corrected chi connectivity index (χ3v) is 6.79. The molecule has 0 saturated carbocycles. The molecule has 0 aliphatic carbocycles. The minimum atomic E-state index is -3.67. The Labute approximate surface area is 182 Å². The predicted molar refractivity (Wildman–Crippen MR) is 120 cm³/mol. The van der Waals surface area contributed by atoms with Crippen molar-refractivity contribution in [3.63, 3.8) is 0 Å². The standard InChI is InChI=1S/C22H23ClN4O2S/c23-18-7-11-20(12-8-18)30(28,29)26-19-9-5-17(6-10-19)21-13-14-22(25-24-21)27-15-3-1-2-4-16-27/h5-14,26H,1-4,15-16H2.